The lowest BCUT2D eigenvalue weighted by atomic mass is 10.1. The topological polar surface area (TPSA) is 66.0 Å². The number of aryl methyl sites for hydroxylation is 1. The zero-order valence-electron chi connectivity index (χ0n) is 11.6. The van der Waals surface area contributed by atoms with Crippen LogP contribution in [0.3, 0.4) is 0 Å². The summed E-state index contributed by atoms with van der Waals surface area (Å²) in [6.45, 7) is 3.55. The molecule has 0 radical (unpaired) electrons. The Hall–Kier alpha value is -2.87. The molecule has 0 unspecified atom stereocenters. The Labute approximate surface area is 121 Å². The van der Waals surface area contributed by atoms with Gasteiger partial charge in [-0.15, -0.1) is 0 Å². The Balaban J connectivity index is 2.62. The predicted octanol–water partition coefficient (Wildman–Crippen LogP) is 3.22. The number of aromatic nitrogens is 1. The van der Waals surface area contributed by atoms with Crippen molar-refractivity contribution in [3.8, 4) is 11.8 Å². The highest BCUT2D eigenvalue weighted by Gasteiger charge is 2.14. The van der Waals surface area contributed by atoms with Crippen LogP contribution in [0.25, 0.3) is 11.8 Å². The molecule has 4 nitrogen and oxygen atoms in total. The molecule has 0 saturated carbocycles. The SMILES string of the molecule is Cc1cc(/C=C(/C#N)C(=O)O)c(C)n1-c1ccccc1F. The standard InChI is InChI=1S/C16H13FN2O2/c1-10-7-12(8-13(9-18)16(20)21)11(2)19(10)15-6-4-3-5-14(15)17/h3-8H,1-2H3,(H,20,21)/b13-8-. The minimum atomic E-state index is -1.28. The van der Waals surface area contributed by atoms with Crippen LogP contribution in [0.4, 0.5) is 4.39 Å². The summed E-state index contributed by atoms with van der Waals surface area (Å²) in [7, 11) is 0. The number of carboxylic acid groups (broad SMARTS) is 1. The van der Waals surface area contributed by atoms with Gasteiger partial charge in [-0.3, -0.25) is 0 Å². The van der Waals surface area contributed by atoms with Gasteiger partial charge in [0.05, 0.1) is 5.69 Å². The molecule has 0 bridgehead atoms. The molecule has 0 aliphatic rings. The Bertz CT molecular complexity index is 782. The third-order valence-electron chi connectivity index (χ3n) is 3.21. The molecule has 1 N–H and O–H groups in total. The summed E-state index contributed by atoms with van der Waals surface area (Å²) in [6.07, 6.45) is 1.29. The van der Waals surface area contributed by atoms with Crippen molar-refractivity contribution >= 4 is 12.0 Å². The van der Waals surface area contributed by atoms with Gasteiger partial charge in [0, 0.05) is 11.4 Å². The summed E-state index contributed by atoms with van der Waals surface area (Å²) in [5, 5.41) is 17.7. The molecule has 106 valence electrons. The third-order valence-corrected chi connectivity index (χ3v) is 3.21. The average Bonchev–Trinajstić information content (AvgIpc) is 2.71. The molecule has 0 aliphatic heterocycles. The number of para-hydroxylation sites is 1. The lowest BCUT2D eigenvalue weighted by Crippen LogP contribution is -2.02. The maximum absolute atomic E-state index is 13.9. The van der Waals surface area contributed by atoms with Gasteiger partial charge < -0.3 is 9.67 Å². The Morgan fingerprint density at radius 3 is 2.62 bits per heavy atom. The molecule has 1 aromatic heterocycles. The fourth-order valence-corrected chi connectivity index (χ4v) is 2.23. The predicted molar refractivity (Wildman–Crippen MR) is 76.4 cm³/mol. The van der Waals surface area contributed by atoms with E-state index in [-0.39, 0.29) is 11.4 Å². The van der Waals surface area contributed by atoms with Crippen LogP contribution >= 0.6 is 0 Å². The molecular weight excluding hydrogens is 271 g/mol. The lowest BCUT2D eigenvalue weighted by Gasteiger charge is -2.10. The van der Waals surface area contributed by atoms with E-state index in [0.717, 1.165) is 5.69 Å². The van der Waals surface area contributed by atoms with Crippen LogP contribution < -0.4 is 0 Å². The zero-order chi connectivity index (χ0) is 15.6. The minimum absolute atomic E-state index is 0.358. The van der Waals surface area contributed by atoms with Crippen LogP contribution in [-0.2, 0) is 4.79 Å². The number of rotatable bonds is 3. The largest absolute Gasteiger partial charge is 0.477 e. The van der Waals surface area contributed by atoms with Crippen LogP contribution in [0.2, 0.25) is 0 Å². The quantitative estimate of drug-likeness (QED) is 0.695. The van der Waals surface area contributed by atoms with Gasteiger partial charge >= 0.3 is 5.97 Å². The van der Waals surface area contributed by atoms with E-state index in [4.69, 9.17) is 10.4 Å². The summed E-state index contributed by atoms with van der Waals surface area (Å²) in [6, 6.07) is 9.70. The summed E-state index contributed by atoms with van der Waals surface area (Å²) in [4.78, 5) is 10.9. The van der Waals surface area contributed by atoms with Gasteiger partial charge in [-0.25, -0.2) is 9.18 Å². The van der Waals surface area contributed by atoms with Gasteiger partial charge in [-0.05, 0) is 43.7 Å². The Kier molecular flexibility index (Phi) is 3.90. The summed E-state index contributed by atoms with van der Waals surface area (Å²) in [5.74, 6) is -1.65. The van der Waals surface area contributed by atoms with Crippen molar-refractivity contribution in [1.82, 2.24) is 4.57 Å². The molecule has 2 rings (SSSR count). The first-order valence-corrected chi connectivity index (χ1v) is 6.24. The molecule has 0 atom stereocenters. The van der Waals surface area contributed by atoms with Crippen LogP contribution in [0.5, 0.6) is 0 Å². The molecule has 0 amide bonds. The zero-order valence-corrected chi connectivity index (χ0v) is 11.6. The Morgan fingerprint density at radius 1 is 1.38 bits per heavy atom. The maximum atomic E-state index is 13.9. The van der Waals surface area contributed by atoms with Gasteiger partial charge in [0.15, 0.2) is 0 Å². The maximum Gasteiger partial charge on any atom is 0.346 e. The third kappa shape index (κ3) is 2.70. The first kappa shape index (κ1) is 14.5. The van der Waals surface area contributed by atoms with E-state index in [2.05, 4.69) is 0 Å². The van der Waals surface area contributed by atoms with Gasteiger partial charge in [-0.1, -0.05) is 12.1 Å². The minimum Gasteiger partial charge on any atom is -0.477 e. The van der Waals surface area contributed by atoms with E-state index < -0.39 is 5.97 Å². The van der Waals surface area contributed by atoms with Crippen LogP contribution in [0.15, 0.2) is 35.9 Å². The van der Waals surface area contributed by atoms with Crippen molar-refractivity contribution in [2.24, 2.45) is 0 Å². The summed E-state index contributed by atoms with van der Waals surface area (Å²) >= 11 is 0. The van der Waals surface area contributed by atoms with E-state index in [1.165, 1.54) is 12.1 Å². The molecular formula is C16H13FN2O2. The number of carbonyl (C=O) groups is 1. The molecule has 1 aromatic carbocycles. The van der Waals surface area contributed by atoms with Crippen molar-refractivity contribution in [1.29, 1.82) is 5.26 Å². The number of aliphatic carboxylic acids is 1. The summed E-state index contributed by atoms with van der Waals surface area (Å²) in [5.41, 5.74) is 2.04. The first-order valence-electron chi connectivity index (χ1n) is 6.24. The molecule has 21 heavy (non-hydrogen) atoms. The van der Waals surface area contributed by atoms with Crippen molar-refractivity contribution in [2.45, 2.75) is 13.8 Å². The van der Waals surface area contributed by atoms with Gasteiger partial charge in [0.25, 0.3) is 0 Å². The second-order valence-corrected chi connectivity index (χ2v) is 4.59. The fraction of sp³-hybridized carbons (Fsp3) is 0.125. The van der Waals surface area contributed by atoms with Crippen LogP contribution in [-0.4, -0.2) is 15.6 Å². The fourth-order valence-electron chi connectivity index (χ4n) is 2.23. The highest BCUT2D eigenvalue weighted by molar-refractivity contribution is 5.96. The monoisotopic (exact) mass is 284 g/mol. The number of benzene rings is 1. The van der Waals surface area contributed by atoms with Crippen molar-refractivity contribution in [3.63, 3.8) is 0 Å². The van der Waals surface area contributed by atoms with Crippen molar-refractivity contribution < 1.29 is 14.3 Å². The smallest absolute Gasteiger partial charge is 0.346 e. The number of nitriles is 1. The molecule has 0 fully saturated rings. The molecule has 0 saturated heterocycles. The number of nitrogens with zero attached hydrogens (tertiary/aromatic N) is 2. The lowest BCUT2D eigenvalue weighted by molar-refractivity contribution is -0.132. The van der Waals surface area contributed by atoms with Crippen LogP contribution in [0.1, 0.15) is 17.0 Å². The molecule has 0 spiro atoms. The highest BCUT2D eigenvalue weighted by Crippen LogP contribution is 2.24. The van der Waals surface area contributed by atoms with Gasteiger partial charge in [0.1, 0.15) is 17.5 Å². The molecule has 5 heteroatoms. The van der Waals surface area contributed by atoms with Crippen molar-refractivity contribution in [2.75, 3.05) is 0 Å². The normalized spacial score (nSPS) is 11.2. The van der Waals surface area contributed by atoms with Crippen molar-refractivity contribution in [3.05, 3.63) is 58.7 Å². The number of hydrogen-bond acceptors (Lipinski definition) is 2. The van der Waals surface area contributed by atoms with E-state index >= 15 is 0 Å². The Morgan fingerprint density at radius 2 is 2.05 bits per heavy atom. The molecule has 0 aliphatic carbocycles. The number of halogens is 1. The number of hydrogen-bond donors (Lipinski definition) is 1. The van der Waals surface area contributed by atoms with E-state index in [1.54, 1.807) is 48.7 Å². The summed E-state index contributed by atoms with van der Waals surface area (Å²) < 4.78 is 15.6. The molecule has 2 aromatic rings. The molecule has 1 heterocycles. The second kappa shape index (κ2) is 5.63. The van der Waals surface area contributed by atoms with E-state index in [1.807, 2.05) is 0 Å². The average molecular weight is 284 g/mol. The highest BCUT2D eigenvalue weighted by atomic mass is 19.1. The van der Waals surface area contributed by atoms with Gasteiger partial charge in [-0.2, -0.15) is 5.26 Å². The van der Waals surface area contributed by atoms with Crippen LogP contribution in [0, 0.1) is 31.0 Å². The number of carboxylic acids is 1. The van der Waals surface area contributed by atoms with E-state index in [0.29, 0.717) is 16.9 Å². The van der Waals surface area contributed by atoms with Gasteiger partial charge in [0.2, 0.25) is 0 Å². The second-order valence-electron chi connectivity index (χ2n) is 4.59. The van der Waals surface area contributed by atoms with E-state index in [9.17, 15) is 9.18 Å². The first-order chi connectivity index (χ1) is 9.95.